The Hall–Kier alpha value is -6.00. The summed E-state index contributed by atoms with van der Waals surface area (Å²) in [5.74, 6) is 0. The Morgan fingerprint density at radius 2 is 1.13 bits per heavy atom. The third-order valence-corrected chi connectivity index (χ3v) is 9.97. The number of rotatable bonds is 4. The molecule has 0 aliphatic carbocycles. The highest BCUT2D eigenvalue weighted by molar-refractivity contribution is 7.00. The molecule has 0 saturated heterocycles. The van der Waals surface area contributed by atoms with E-state index < -0.39 is 0 Å². The van der Waals surface area contributed by atoms with Crippen LogP contribution in [0.2, 0.25) is 0 Å². The van der Waals surface area contributed by atoms with Gasteiger partial charge in [-0.15, -0.1) is 0 Å². The van der Waals surface area contributed by atoms with Crippen LogP contribution in [0.4, 0.5) is 34.1 Å². The summed E-state index contributed by atoms with van der Waals surface area (Å²) in [6.07, 6.45) is 0. The SMILES string of the molecule is Cc1ccc2c(c1)N(c1ccccc1)c1cc(N(c3ccccc3)c3ccccc3)cc3c1B2c1cccc2c4ccccc4n-3c12. The van der Waals surface area contributed by atoms with Gasteiger partial charge in [0.25, 0.3) is 6.71 Å². The van der Waals surface area contributed by atoms with Gasteiger partial charge in [0, 0.05) is 50.4 Å². The van der Waals surface area contributed by atoms with Crippen LogP contribution in [-0.2, 0) is 0 Å². The number of hydrogen-bond donors (Lipinski definition) is 0. The minimum Gasteiger partial charge on any atom is -0.311 e. The van der Waals surface area contributed by atoms with Crippen LogP contribution in [0.3, 0.4) is 0 Å². The van der Waals surface area contributed by atoms with Gasteiger partial charge in [-0.2, -0.15) is 0 Å². The van der Waals surface area contributed by atoms with Crippen LogP contribution in [-0.4, -0.2) is 11.3 Å². The topological polar surface area (TPSA) is 11.4 Å². The lowest BCUT2D eigenvalue weighted by molar-refractivity contribution is 1.16. The van der Waals surface area contributed by atoms with Gasteiger partial charge in [0.15, 0.2) is 0 Å². The molecule has 0 radical (unpaired) electrons. The molecule has 7 aromatic carbocycles. The minimum atomic E-state index is 0.104. The predicted octanol–water partition coefficient (Wildman–Crippen LogP) is 9.17. The number of hydrogen-bond acceptors (Lipinski definition) is 2. The molecule has 1 aromatic heterocycles. The van der Waals surface area contributed by atoms with Gasteiger partial charge in [0.05, 0.1) is 11.2 Å². The first-order valence-corrected chi connectivity index (χ1v) is 16.3. The van der Waals surface area contributed by atoms with Crippen LogP contribution >= 0.6 is 0 Å². The van der Waals surface area contributed by atoms with Crippen molar-refractivity contribution in [2.75, 3.05) is 9.80 Å². The van der Waals surface area contributed by atoms with Crippen molar-refractivity contribution in [2.45, 2.75) is 6.92 Å². The fourth-order valence-corrected chi connectivity index (χ4v) is 8.09. The Morgan fingerprint density at radius 1 is 0.489 bits per heavy atom. The van der Waals surface area contributed by atoms with E-state index in [0.29, 0.717) is 0 Å². The fourth-order valence-electron chi connectivity index (χ4n) is 8.09. The van der Waals surface area contributed by atoms with Crippen molar-refractivity contribution >= 4 is 79.0 Å². The molecule has 0 N–H and O–H groups in total. The number of aryl methyl sites for hydroxylation is 1. The predicted molar refractivity (Wildman–Crippen MR) is 200 cm³/mol. The van der Waals surface area contributed by atoms with Gasteiger partial charge in [0.1, 0.15) is 0 Å². The van der Waals surface area contributed by atoms with E-state index in [9.17, 15) is 0 Å². The van der Waals surface area contributed by atoms with Crippen LogP contribution in [0.5, 0.6) is 0 Å². The average molecular weight is 600 g/mol. The van der Waals surface area contributed by atoms with E-state index in [2.05, 4.69) is 185 Å². The molecule has 10 rings (SSSR count). The lowest BCUT2D eigenvalue weighted by Gasteiger charge is -2.41. The van der Waals surface area contributed by atoms with Crippen LogP contribution < -0.4 is 26.2 Å². The van der Waals surface area contributed by atoms with E-state index in [1.807, 2.05) is 0 Å². The molecular weight excluding hydrogens is 569 g/mol. The fraction of sp³-hybridized carbons (Fsp3) is 0.0233. The highest BCUT2D eigenvalue weighted by atomic mass is 15.2. The summed E-state index contributed by atoms with van der Waals surface area (Å²) in [6, 6.07) is 60.0. The van der Waals surface area contributed by atoms with Crippen LogP contribution in [0.15, 0.2) is 164 Å². The summed E-state index contributed by atoms with van der Waals surface area (Å²) in [4.78, 5) is 4.89. The molecule has 0 saturated carbocycles. The van der Waals surface area contributed by atoms with Crippen LogP contribution in [0.1, 0.15) is 5.56 Å². The summed E-state index contributed by atoms with van der Waals surface area (Å²) in [6.45, 7) is 2.30. The lowest BCUT2D eigenvalue weighted by Crippen LogP contribution is -2.60. The van der Waals surface area contributed by atoms with Crippen LogP contribution in [0, 0.1) is 6.92 Å². The molecule has 0 unspecified atom stereocenters. The second-order valence-electron chi connectivity index (χ2n) is 12.7. The number of para-hydroxylation sites is 5. The van der Waals surface area contributed by atoms with Crippen molar-refractivity contribution in [1.82, 2.24) is 4.57 Å². The molecule has 3 nitrogen and oxygen atoms in total. The molecule has 0 bridgehead atoms. The third-order valence-electron chi connectivity index (χ3n) is 9.97. The van der Waals surface area contributed by atoms with Crippen molar-refractivity contribution in [3.63, 3.8) is 0 Å². The monoisotopic (exact) mass is 599 g/mol. The van der Waals surface area contributed by atoms with Gasteiger partial charge in [-0.25, -0.2) is 0 Å². The molecule has 0 fully saturated rings. The summed E-state index contributed by atoms with van der Waals surface area (Å²) in [7, 11) is 0. The largest absolute Gasteiger partial charge is 0.311 e. The van der Waals surface area contributed by atoms with Crippen LogP contribution in [0.25, 0.3) is 27.5 Å². The quantitative estimate of drug-likeness (QED) is 0.187. The maximum atomic E-state index is 2.54. The third kappa shape index (κ3) is 3.76. The van der Waals surface area contributed by atoms with Crippen molar-refractivity contribution in [1.29, 1.82) is 0 Å². The number of nitrogens with zero attached hydrogens (tertiary/aromatic N) is 3. The summed E-state index contributed by atoms with van der Waals surface area (Å²) < 4.78 is 2.54. The minimum absolute atomic E-state index is 0.104. The van der Waals surface area contributed by atoms with Crippen molar-refractivity contribution in [3.8, 4) is 5.69 Å². The van der Waals surface area contributed by atoms with Crippen molar-refractivity contribution in [3.05, 3.63) is 169 Å². The first-order chi connectivity index (χ1) is 23.3. The molecule has 8 aromatic rings. The molecule has 4 heteroatoms. The highest BCUT2D eigenvalue weighted by Gasteiger charge is 2.42. The first-order valence-electron chi connectivity index (χ1n) is 16.3. The van der Waals surface area contributed by atoms with Gasteiger partial charge in [0.2, 0.25) is 0 Å². The Kier molecular flexibility index (Phi) is 5.59. The zero-order valence-corrected chi connectivity index (χ0v) is 26.0. The first kappa shape index (κ1) is 26.2. The second kappa shape index (κ2) is 10.0. The van der Waals surface area contributed by atoms with Crippen molar-refractivity contribution < 1.29 is 0 Å². The van der Waals surface area contributed by atoms with Gasteiger partial charge >= 0.3 is 0 Å². The Morgan fingerprint density at radius 3 is 1.87 bits per heavy atom. The zero-order valence-electron chi connectivity index (χ0n) is 26.0. The van der Waals surface area contributed by atoms with E-state index in [4.69, 9.17) is 0 Å². The Balaban J connectivity index is 1.39. The molecule has 0 spiro atoms. The number of aromatic nitrogens is 1. The summed E-state index contributed by atoms with van der Waals surface area (Å²) in [5.41, 5.74) is 16.1. The molecule has 0 atom stereocenters. The maximum Gasteiger partial charge on any atom is 0.252 e. The molecule has 47 heavy (non-hydrogen) atoms. The summed E-state index contributed by atoms with van der Waals surface area (Å²) >= 11 is 0. The van der Waals surface area contributed by atoms with Gasteiger partial charge < -0.3 is 14.4 Å². The molecule has 3 heterocycles. The van der Waals surface area contributed by atoms with Gasteiger partial charge in [-0.05, 0) is 89.5 Å². The zero-order chi connectivity index (χ0) is 31.1. The van der Waals surface area contributed by atoms with Gasteiger partial charge in [-0.1, -0.05) is 103 Å². The summed E-state index contributed by atoms with van der Waals surface area (Å²) in [5, 5.41) is 2.59. The highest BCUT2D eigenvalue weighted by Crippen LogP contribution is 2.45. The van der Waals surface area contributed by atoms with Crippen molar-refractivity contribution in [2.24, 2.45) is 0 Å². The maximum absolute atomic E-state index is 2.54. The average Bonchev–Trinajstić information content (AvgIpc) is 3.47. The normalized spacial score (nSPS) is 12.7. The number of benzene rings is 7. The smallest absolute Gasteiger partial charge is 0.252 e. The van der Waals surface area contributed by atoms with E-state index >= 15 is 0 Å². The molecule has 0 amide bonds. The van der Waals surface area contributed by atoms with E-state index in [1.165, 1.54) is 60.8 Å². The molecule has 2 aliphatic rings. The van der Waals surface area contributed by atoms with E-state index in [-0.39, 0.29) is 6.71 Å². The number of fused-ring (bicyclic) bond motifs is 7. The standard InChI is InChI=1S/C43H30BN3/c1-29-24-25-36-39(26-29)46(32-18-9-4-10-19-32)40-27-33(45(30-14-5-2-6-15-30)31-16-7-3-8-17-31)28-41-42(40)44(36)37-22-13-21-35-34-20-11-12-23-38(34)47(41)43(35)37/h2-28H,1H3. The Bertz CT molecular complexity index is 2450. The lowest BCUT2D eigenvalue weighted by atomic mass is 9.33. The Labute approximate surface area is 274 Å². The van der Waals surface area contributed by atoms with Gasteiger partial charge in [-0.3, -0.25) is 0 Å². The van der Waals surface area contributed by atoms with E-state index in [0.717, 1.165) is 22.7 Å². The number of anilines is 6. The molecular formula is C43H30BN3. The molecule has 2 aliphatic heterocycles. The molecule has 220 valence electrons. The van der Waals surface area contributed by atoms with E-state index in [1.54, 1.807) is 0 Å². The second-order valence-corrected chi connectivity index (χ2v) is 12.7.